The van der Waals surface area contributed by atoms with Gasteiger partial charge in [-0.2, -0.15) is 0 Å². The third kappa shape index (κ3) is 3.66. The van der Waals surface area contributed by atoms with Crippen LogP contribution < -0.4 is 10.2 Å². The molecule has 4 amide bonds. The van der Waals surface area contributed by atoms with E-state index in [0.29, 0.717) is 16.9 Å². The van der Waals surface area contributed by atoms with Crippen LogP contribution in [0.3, 0.4) is 0 Å². The highest BCUT2D eigenvalue weighted by Crippen LogP contribution is 2.24. The predicted molar refractivity (Wildman–Crippen MR) is 102 cm³/mol. The highest BCUT2D eigenvalue weighted by atomic mass is 16.5. The highest BCUT2D eigenvalue weighted by molar-refractivity contribution is 6.32. The van der Waals surface area contributed by atoms with Gasteiger partial charge in [-0.15, -0.1) is 0 Å². The number of hydrogen-bond acceptors (Lipinski definition) is 6. The lowest BCUT2D eigenvalue weighted by Gasteiger charge is -2.29. The average molecular weight is 379 g/mol. The summed E-state index contributed by atoms with van der Waals surface area (Å²) in [5, 5.41) is 2.17. The van der Waals surface area contributed by atoms with Crippen LogP contribution in [0.25, 0.3) is 0 Å². The van der Waals surface area contributed by atoms with Gasteiger partial charge < -0.3 is 4.74 Å². The molecule has 1 saturated heterocycles. The van der Waals surface area contributed by atoms with Gasteiger partial charge >= 0.3 is 12.0 Å². The van der Waals surface area contributed by atoms with Crippen molar-refractivity contribution in [2.24, 2.45) is 10.9 Å². The van der Waals surface area contributed by atoms with E-state index in [1.807, 2.05) is 0 Å². The number of imide groups is 2. The second kappa shape index (κ2) is 7.83. The molecule has 0 saturated carbocycles. The van der Waals surface area contributed by atoms with Crippen molar-refractivity contribution in [1.82, 2.24) is 5.32 Å². The summed E-state index contributed by atoms with van der Waals surface area (Å²) < 4.78 is 4.65. The maximum absolute atomic E-state index is 12.8. The Bertz CT molecular complexity index is 999. The fraction of sp³-hybridized carbons (Fsp3) is 0.150. The third-order valence-electron chi connectivity index (χ3n) is 4.20. The maximum atomic E-state index is 12.8. The largest absolute Gasteiger partial charge is 0.465 e. The summed E-state index contributed by atoms with van der Waals surface area (Å²) in [5.41, 5.74) is 1.75. The number of anilines is 1. The van der Waals surface area contributed by atoms with E-state index >= 15 is 0 Å². The van der Waals surface area contributed by atoms with Crippen molar-refractivity contribution in [3.8, 4) is 0 Å². The zero-order valence-corrected chi connectivity index (χ0v) is 15.2. The summed E-state index contributed by atoms with van der Waals surface area (Å²) in [6, 6.07) is 12.3. The van der Waals surface area contributed by atoms with Gasteiger partial charge in [0.2, 0.25) is 5.91 Å². The lowest BCUT2D eigenvalue weighted by molar-refractivity contribution is -0.131. The van der Waals surface area contributed by atoms with Crippen molar-refractivity contribution >= 4 is 41.4 Å². The monoisotopic (exact) mass is 379 g/mol. The normalized spacial score (nSPS) is 17.0. The van der Waals surface area contributed by atoms with Gasteiger partial charge in [0.05, 0.1) is 24.0 Å². The molecule has 0 aliphatic carbocycles. The van der Waals surface area contributed by atoms with Gasteiger partial charge in [0, 0.05) is 6.21 Å². The van der Waals surface area contributed by atoms with Gasteiger partial charge in [0.1, 0.15) is 0 Å². The summed E-state index contributed by atoms with van der Waals surface area (Å²) in [5.74, 6) is -3.26. The van der Waals surface area contributed by atoms with E-state index in [1.54, 1.807) is 49.4 Å². The van der Waals surface area contributed by atoms with Crippen molar-refractivity contribution in [2.45, 2.75) is 6.92 Å². The van der Waals surface area contributed by atoms with Crippen LogP contribution in [0.15, 0.2) is 53.5 Å². The van der Waals surface area contributed by atoms with E-state index in [2.05, 4.69) is 15.0 Å². The van der Waals surface area contributed by atoms with E-state index in [1.165, 1.54) is 13.2 Å². The Hall–Kier alpha value is -3.81. The van der Waals surface area contributed by atoms with E-state index in [0.717, 1.165) is 11.1 Å². The summed E-state index contributed by atoms with van der Waals surface area (Å²) in [6.07, 6.45) is 1.16. The zero-order chi connectivity index (χ0) is 20.3. The van der Waals surface area contributed by atoms with Crippen molar-refractivity contribution < 1.29 is 23.9 Å². The highest BCUT2D eigenvalue weighted by Gasteiger charge is 2.40. The molecule has 1 fully saturated rings. The Labute approximate surface area is 160 Å². The van der Waals surface area contributed by atoms with Crippen molar-refractivity contribution in [2.75, 3.05) is 12.0 Å². The van der Waals surface area contributed by atoms with Crippen LogP contribution >= 0.6 is 0 Å². The lowest BCUT2D eigenvalue weighted by atomic mass is 10.0. The van der Waals surface area contributed by atoms with E-state index in [-0.39, 0.29) is 5.56 Å². The minimum absolute atomic E-state index is 0.285. The first kappa shape index (κ1) is 19.0. The third-order valence-corrected chi connectivity index (χ3v) is 4.20. The number of amides is 4. The molecule has 1 aliphatic rings. The number of methoxy groups -OCH3 is 1. The van der Waals surface area contributed by atoms with E-state index in [9.17, 15) is 19.2 Å². The molecule has 142 valence electrons. The molecule has 1 atom stereocenters. The van der Waals surface area contributed by atoms with Crippen LogP contribution in [0.4, 0.5) is 16.2 Å². The number of nitrogens with one attached hydrogen (secondary N) is 1. The summed E-state index contributed by atoms with van der Waals surface area (Å²) in [6.45, 7) is 1.76. The van der Waals surface area contributed by atoms with Gasteiger partial charge in [-0.05, 0) is 36.8 Å². The standard InChI is InChI=1S/C20H17N3O5/c1-12-6-3-4-9-16(12)23-18(25)15(17(24)22-20(23)27)11-21-14-8-5-7-13(10-14)19(26)28-2/h3-11,15H,1-2H3,(H,22,24,27)/t15-/m1/s1. The van der Waals surface area contributed by atoms with Gasteiger partial charge in [-0.1, -0.05) is 24.3 Å². The Kier molecular flexibility index (Phi) is 5.30. The van der Waals surface area contributed by atoms with Crippen LogP contribution in [0.2, 0.25) is 0 Å². The lowest BCUT2D eigenvalue weighted by Crippen LogP contribution is -2.58. The van der Waals surface area contributed by atoms with Gasteiger partial charge in [0.15, 0.2) is 5.92 Å². The number of urea groups is 1. The van der Waals surface area contributed by atoms with Crippen molar-refractivity contribution in [3.05, 3.63) is 59.7 Å². The fourth-order valence-corrected chi connectivity index (χ4v) is 2.76. The van der Waals surface area contributed by atoms with Gasteiger partial charge in [-0.3, -0.25) is 19.9 Å². The zero-order valence-electron chi connectivity index (χ0n) is 15.2. The predicted octanol–water partition coefficient (Wildman–Crippen LogP) is 2.38. The number of nitrogens with zero attached hydrogens (tertiary/aromatic N) is 2. The minimum atomic E-state index is -1.28. The first-order valence-corrected chi connectivity index (χ1v) is 8.39. The van der Waals surface area contributed by atoms with Crippen LogP contribution in [0, 0.1) is 12.8 Å². The van der Waals surface area contributed by atoms with Gasteiger partial charge in [0.25, 0.3) is 5.91 Å². The van der Waals surface area contributed by atoms with Crippen LogP contribution in [0.1, 0.15) is 15.9 Å². The summed E-state index contributed by atoms with van der Waals surface area (Å²) in [4.78, 5) is 53.9. The first-order chi connectivity index (χ1) is 13.4. The molecular formula is C20H17N3O5. The second-order valence-corrected chi connectivity index (χ2v) is 6.05. The molecule has 0 radical (unpaired) electrons. The van der Waals surface area contributed by atoms with Crippen molar-refractivity contribution in [1.29, 1.82) is 0 Å². The number of esters is 1. The Morgan fingerprint density at radius 1 is 1.14 bits per heavy atom. The molecule has 1 N–H and O–H groups in total. The molecule has 1 heterocycles. The fourth-order valence-electron chi connectivity index (χ4n) is 2.76. The number of carbonyl (C=O) groups is 4. The quantitative estimate of drug-likeness (QED) is 0.499. The molecular weight excluding hydrogens is 362 g/mol. The summed E-state index contributed by atoms with van der Waals surface area (Å²) in [7, 11) is 1.26. The second-order valence-electron chi connectivity index (χ2n) is 6.05. The molecule has 0 aromatic heterocycles. The number of aliphatic imine (C=N–C) groups is 1. The molecule has 8 nitrogen and oxygen atoms in total. The van der Waals surface area contributed by atoms with Crippen LogP contribution in [-0.2, 0) is 14.3 Å². The number of carbonyl (C=O) groups excluding carboxylic acids is 4. The number of rotatable bonds is 4. The topological polar surface area (TPSA) is 105 Å². The number of benzene rings is 2. The van der Waals surface area contributed by atoms with Crippen LogP contribution in [0.5, 0.6) is 0 Å². The average Bonchev–Trinajstić information content (AvgIpc) is 2.68. The SMILES string of the molecule is COC(=O)c1cccc(N=C[C@@H]2C(=O)NC(=O)N(c3ccccc3C)C2=O)c1. The summed E-state index contributed by atoms with van der Waals surface area (Å²) >= 11 is 0. The maximum Gasteiger partial charge on any atom is 0.337 e. The molecule has 1 aliphatic heterocycles. The smallest absolute Gasteiger partial charge is 0.337 e. The molecule has 8 heteroatoms. The molecule has 0 unspecified atom stereocenters. The number of barbiturate groups is 1. The minimum Gasteiger partial charge on any atom is -0.465 e. The number of para-hydroxylation sites is 1. The molecule has 28 heavy (non-hydrogen) atoms. The molecule has 0 spiro atoms. The number of hydrogen-bond donors (Lipinski definition) is 1. The molecule has 2 aromatic rings. The number of aryl methyl sites for hydroxylation is 1. The molecule has 0 bridgehead atoms. The molecule has 3 rings (SSSR count). The van der Waals surface area contributed by atoms with Crippen LogP contribution in [-0.4, -0.2) is 37.1 Å². The van der Waals surface area contributed by atoms with E-state index in [4.69, 9.17) is 0 Å². The van der Waals surface area contributed by atoms with Crippen molar-refractivity contribution in [3.63, 3.8) is 0 Å². The van der Waals surface area contributed by atoms with Gasteiger partial charge in [-0.25, -0.2) is 14.5 Å². The Morgan fingerprint density at radius 2 is 1.89 bits per heavy atom. The first-order valence-electron chi connectivity index (χ1n) is 8.39. The Balaban J connectivity index is 1.89. The number of ether oxygens (including phenoxy) is 1. The Morgan fingerprint density at radius 3 is 2.61 bits per heavy atom. The molecule has 2 aromatic carbocycles. The van der Waals surface area contributed by atoms with E-state index < -0.39 is 29.7 Å².